The maximum atomic E-state index is 12.3. The number of aromatic amines is 1. The summed E-state index contributed by atoms with van der Waals surface area (Å²) < 4.78 is 28.7. The molecule has 0 aromatic carbocycles. The lowest BCUT2D eigenvalue weighted by Crippen LogP contribution is -2.51. The number of aromatic nitrogens is 3. The lowest BCUT2D eigenvalue weighted by atomic mass is 10.1. The van der Waals surface area contributed by atoms with Crippen molar-refractivity contribution in [1.82, 2.24) is 29.5 Å². The lowest BCUT2D eigenvalue weighted by Gasteiger charge is -2.34. The van der Waals surface area contributed by atoms with Gasteiger partial charge in [0.05, 0.1) is 6.54 Å². The zero-order valence-corrected chi connectivity index (χ0v) is 11.8. The molecule has 0 amide bonds. The molecule has 1 aromatic heterocycles. The fourth-order valence-electron chi connectivity index (χ4n) is 2.29. The molecule has 1 aliphatic rings. The summed E-state index contributed by atoms with van der Waals surface area (Å²) in [5, 5.41) is 9.36. The van der Waals surface area contributed by atoms with Gasteiger partial charge in [0.1, 0.15) is 12.2 Å². The zero-order valence-electron chi connectivity index (χ0n) is 11.0. The number of H-pyrrole nitrogens is 1. The minimum atomic E-state index is -3.48. The molecule has 1 fully saturated rings. The Morgan fingerprint density at radius 1 is 1.53 bits per heavy atom. The highest BCUT2D eigenvalue weighted by molar-refractivity contribution is 7.87. The van der Waals surface area contributed by atoms with Crippen molar-refractivity contribution in [3.8, 4) is 0 Å². The lowest BCUT2D eigenvalue weighted by molar-refractivity contribution is 0.246. The number of rotatable bonds is 6. The van der Waals surface area contributed by atoms with E-state index in [0.717, 1.165) is 19.3 Å². The monoisotopic (exact) mass is 288 g/mol. The van der Waals surface area contributed by atoms with Gasteiger partial charge in [-0.2, -0.15) is 22.5 Å². The third kappa shape index (κ3) is 3.72. The summed E-state index contributed by atoms with van der Waals surface area (Å²) in [5.41, 5.74) is 0. The highest BCUT2D eigenvalue weighted by Crippen LogP contribution is 2.19. The van der Waals surface area contributed by atoms with E-state index >= 15 is 0 Å². The van der Waals surface area contributed by atoms with E-state index in [0.29, 0.717) is 18.9 Å². The summed E-state index contributed by atoms with van der Waals surface area (Å²) in [6.07, 6.45) is 4.22. The second-order valence-corrected chi connectivity index (χ2v) is 6.28. The molecule has 1 aromatic rings. The third-order valence-corrected chi connectivity index (χ3v) is 4.82. The Bertz CT molecular complexity index is 472. The van der Waals surface area contributed by atoms with E-state index < -0.39 is 10.2 Å². The number of likely N-dealkylation sites (N-methyl/N-ethyl adjacent to an activating group) is 1. The smallest absolute Gasteiger partial charge is 0.280 e. The molecule has 1 saturated heterocycles. The minimum Gasteiger partial charge on any atom is -0.318 e. The minimum absolute atomic E-state index is 0.0194. The van der Waals surface area contributed by atoms with Gasteiger partial charge in [0.2, 0.25) is 0 Å². The average molecular weight is 288 g/mol. The summed E-state index contributed by atoms with van der Waals surface area (Å²) in [5.74, 6) is 0.505. The van der Waals surface area contributed by atoms with Gasteiger partial charge in [-0.05, 0) is 19.9 Å². The topological polar surface area (TPSA) is 103 Å². The quantitative estimate of drug-likeness (QED) is 0.637. The molecule has 1 unspecified atom stereocenters. The fraction of sp³-hybridized carbons (Fsp3) is 0.800. The molecule has 0 spiro atoms. The molecular weight excluding hydrogens is 268 g/mol. The van der Waals surface area contributed by atoms with Crippen LogP contribution in [0.1, 0.15) is 25.1 Å². The standard InChI is InChI=1S/C10H20N6O2S/c1-11-6-9-4-2-3-5-16(9)19(17,18)14-7-10-12-8-13-15-10/h8-9,11,14H,2-7H2,1H3,(H,12,13,15). The molecule has 2 heterocycles. The van der Waals surface area contributed by atoms with Gasteiger partial charge in [-0.25, -0.2) is 4.98 Å². The van der Waals surface area contributed by atoms with E-state index in [9.17, 15) is 8.42 Å². The zero-order chi connectivity index (χ0) is 13.7. The first-order valence-corrected chi connectivity index (χ1v) is 7.83. The highest BCUT2D eigenvalue weighted by Gasteiger charge is 2.31. The Kier molecular flexibility index (Phi) is 4.86. The maximum Gasteiger partial charge on any atom is 0.280 e. The van der Waals surface area contributed by atoms with Crippen LogP contribution in [0.2, 0.25) is 0 Å². The van der Waals surface area contributed by atoms with Crippen LogP contribution in [-0.4, -0.2) is 54.1 Å². The highest BCUT2D eigenvalue weighted by atomic mass is 32.2. The molecule has 1 aliphatic heterocycles. The Hall–Kier alpha value is -1.03. The predicted molar refractivity (Wildman–Crippen MR) is 70.4 cm³/mol. The number of nitrogens with one attached hydrogen (secondary N) is 3. The van der Waals surface area contributed by atoms with Crippen molar-refractivity contribution in [3.05, 3.63) is 12.2 Å². The van der Waals surface area contributed by atoms with Crippen LogP contribution in [0.25, 0.3) is 0 Å². The van der Waals surface area contributed by atoms with Gasteiger partial charge in [0, 0.05) is 19.1 Å². The first kappa shape index (κ1) is 14.4. The van der Waals surface area contributed by atoms with Gasteiger partial charge in [-0.3, -0.25) is 5.10 Å². The molecular formula is C10H20N6O2S. The van der Waals surface area contributed by atoms with Crippen molar-refractivity contribution in [1.29, 1.82) is 0 Å². The van der Waals surface area contributed by atoms with Crippen LogP contribution in [-0.2, 0) is 16.8 Å². The van der Waals surface area contributed by atoms with Gasteiger partial charge in [0.15, 0.2) is 0 Å². The first-order valence-electron chi connectivity index (χ1n) is 6.39. The van der Waals surface area contributed by atoms with E-state index in [4.69, 9.17) is 0 Å². The van der Waals surface area contributed by atoms with Crippen molar-refractivity contribution in [2.75, 3.05) is 20.1 Å². The van der Waals surface area contributed by atoms with Crippen molar-refractivity contribution in [2.45, 2.75) is 31.8 Å². The molecule has 9 heteroatoms. The van der Waals surface area contributed by atoms with Crippen LogP contribution in [0.4, 0.5) is 0 Å². The van der Waals surface area contributed by atoms with E-state index in [-0.39, 0.29) is 12.6 Å². The molecule has 0 radical (unpaired) electrons. The Morgan fingerprint density at radius 3 is 3.05 bits per heavy atom. The van der Waals surface area contributed by atoms with Crippen LogP contribution in [0.3, 0.4) is 0 Å². The second-order valence-electron chi connectivity index (χ2n) is 4.58. The summed E-state index contributed by atoms with van der Waals surface area (Å²) >= 11 is 0. The van der Waals surface area contributed by atoms with Crippen molar-refractivity contribution in [2.24, 2.45) is 0 Å². The Morgan fingerprint density at radius 2 is 2.37 bits per heavy atom. The third-order valence-electron chi connectivity index (χ3n) is 3.21. The van der Waals surface area contributed by atoms with Gasteiger partial charge >= 0.3 is 0 Å². The summed E-state index contributed by atoms with van der Waals surface area (Å²) in [4.78, 5) is 3.90. The van der Waals surface area contributed by atoms with Crippen LogP contribution in [0, 0.1) is 0 Å². The number of hydrogen-bond donors (Lipinski definition) is 3. The van der Waals surface area contributed by atoms with E-state index in [2.05, 4.69) is 25.2 Å². The van der Waals surface area contributed by atoms with E-state index in [1.54, 1.807) is 4.31 Å². The van der Waals surface area contributed by atoms with Gasteiger partial charge in [-0.15, -0.1) is 0 Å². The molecule has 0 saturated carbocycles. The second kappa shape index (κ2) is 6.42. The van der Waals surface area contributed by atoms with Gasteiger partial charge in [-0.1, -0.05) is 6.42 Å². The molecule has 1 atom stereocenters. The predicted octanol–water partition coefficient (Wildman–Crippen LogP) is -0.787. The van der Waals surface area contributed by atoms with Crippen molar-refractivity contribution < 1.29 is 8.42 Å². The summed E-state index contributed by atoms with van der Waals surface area (Å²) in [7, 11) is -1.64. The Balaban J connectivity index is 2.00. The maximum absolute atomic E-state index is 12.3. The van der Waals surface area contributed by atoms with E-state index in [1.807, 2.05) is 7.05 Å². The van der Waals surface area contributed by atoms with Crippen molar-refractivity contribution >= 4 is 10.2 Å². The van der Waals surface area contributed by atoms with E-state index in [1.165, 1.54) is 6.33 Å². The summed E-state index contributed by atoms with van der Waals surface area (Å²) in [6.45, 7) is 1.37. The molecule has 8 nitrogen and oxygen atoms in total. The SMILES string of the molecule is CNCC1CCCCN1S(=O)(=O)NCc1ncn[nH]1. The number of hydrogen-bond acceptors (Lipinski definition) is 5. The van der Waals surface area contributed by atoms with Crippen LogP contribution >= 0.6 is 0 Å². The first-order chi connectivity index (χ1) is 9.13. The number of piperidine rings is 1. The summed E-state index contributed by atoms with van der Waals surface area (Å²) in [6, 6.07) is 0.0194. The normalized spacial score (nSPS) is 21.6. The molecule has 0 aliphatic carbocycles. The van der Waals surface area contributed by atoms with Gasteiger partial charge in [0.25, 0.3) is 10.2 Å². The van der Waals surface area contributed by atoms with Gasteiger partial charge < -0.3 is 5.32 Å². The van der Waals surface area contributed by atoms with Crippen LogP contribution < -0.4 is 10.0 Å². The Labute approximate surface area is 113 Å². The van der Waals surface area contributed by atoms with Crippen molar-refractivity contribution in [3.63, 3.8) is 0 Å². The fourth-order valence-corrected chi connectivity index (χ4v) is 3.72. The average Bonchev–Trinajstić information content (AvgIpc) is 2.91. The molecule has 3 N–H and O–H groups in total. The van der Waals surface area contributed by atoms with Crippen LogP contribution in [0.5, 0.6) is 0 Å². The molecule has 19 heavy (non-hydrogen) atoms. The molecule has 2 rings (SSSR count). The number of nitrogens with zero attached hydrogens (tertiary/aromatic N) is 3. The molecule has 0 bridgehead atoms. The largest absolute Gasteiger partial charge is 0.318 e. The molecule has 108 valence electrons. The van der Waals surface area contributed by atoms with Crippen LogP contribution in [0.15, 0.2) is 6.33 Å².